The lowest BCUT2D eigenvalue weighted by molar-refractivity contribution is 0.0932. The summed E-state index contributed by atoms with van der Waals surface area (Å²) in [6.07, 6.45) is -1.07. The van der Waals surface area contributed by atoms with E-state index in [0.29, 0.717) is 13.1 Å². The van der Waals surface area contributed by atoms with Crippen LogP contribution in [-0.2, 0) is 13.1 Å². The number of hydrogen-bond acceptors (Lipinski definition) is 4. The summed E-state index contributed by atoms with van der Waals surface area (Å²) in [6.45, 7) is 4.09. The molecule has 0 bridgehead atoms. The van der Waals surface area contributed by atoms with E-state index in [0.717, 1.165) is 36.4 Å². The molecule has 1 aromatic carbocycles. The molecule has 0 aliphatic carbocycles. The molecule has 0 fully saturated rings. The predicted octanol–water partition coefficient (Wildman–Crippen LogP) is 1.41. The van der Waals surface area contributed by atoms with Gasteiger partial charge >= 0.3 is 0 Å². The maximum atomic E-state index is 13.6. The number of aliphatic hydroxyl groups excluding tert-OH is 1. The van der Waals surface area contributed by atoms with Crippen LogP contribution in [0.2, 0.25) is 0 Å². The molecule has 0 radical (unpaired) electrons. The van der Waals surface area contributed by atoms with Crippen LogP contribution in [0.3, 0.4) is 0 Å². The molecule has 2 heterocycles. The Kier molecular flexibility index (Phi) is 3.69. The third-order valence-electron chi connectivity index (χ3n) is 3.77. The number of aliphatic hydroxyl groups is 1. The van der Waals surface area contributed by atoms with Gasteiger partial charge in [-0.05, 0) is 25.1 Å². The van der Waals surface area contributed by atoms with E-state index in [1.54, 1.807) is 0 Å². The SMILES string of the molecule is Cc1nnc2n1CCN(C[C@H](O)c1cc(F)ccc1F)C2. The molecule has 21 heavy (non-hydrogen) atoms. The first-order chi connectivity index (χ1) is 10.0. The number of hydrogen-bond donors (Lipinski definition) is 1. The second-order valence-corrected chi connectivity index (χ2v) is 5.23. The first-order valence-electron chi connectivity index (χ1n) is 6.78. The smallest absolute Gasteiger partial charge is 0.147 e. The Morgan fingerprint density at radius 3 is 2.90 bits per heavy atom. The summed E-state index contributed by atoms with van der Waals surface area (Å²) < 4.78 is 28.8. The molecular weight excluding hydrogens is 278 g/mol. The summed E-state index contributed by atoms with van der Waals surface area (Å²) in [5, 5.41) is 18.2. The van der Waals surface area contributed by atoms with Gasteiger partial charge in [-0.25, -0.2) is 8.78 Å². The van der Waals surface area contributed by atoms with E-state index in [1.807, 2.05) is 16.4 Å². The molecule has 0 saturated heterocycles. The van der Waals surface area contributed by atoms with Crippen LogP contribution in [0.15, 0.2) is 18.2 Å². The molecule has 0 unspecified atom stereocenters. The zero-order valence-corrected chi connectivity index (χ0v) is 11.6. The summed E-state index contributed by atoms with van der Waals surface area (Å²) in [5.41, 5.74) is -0.0155. The summed E-state index contributed by atoms with van der Waals surface area (Å²) in [4.78, 5) is 1.96. The van der Waals surface area contributed by atoms with Gasteiger partial charge in [-0.3, -0.25) is 4.90 Å². The van der Waals surface area contributed by atoms with Gasteiger partial charge in [0.15, 0.2) is 0 Å². The maximum absolute atomic E-state index is 13.6. The van der Waals surface area contributed by atoms with Crippen molar-refractivity contribution in [2.24, 2.45) is 0 Å². The number of halogens is 2. The Labute approximate surface area is 120 Å². The minimum Gasteiger partial charge on any atom is -0.387 e. The van der Waals surface area contributed by atoms with Gasteiger partial charge in [-0.15, -0.1) is 10.2 Å². The van der Waals surface area contributed by atoms with Crippen molar-refractivity contribution in [2.45, 2.75) is 26.1 Å². The van der Waals surface area contributed by atoms with Crippen molar-refractivity contribution in [3.05, 3.63) is 47.0 Å². The average molecular weight is 294 g/mol. The molecule has 0 saturated carbocycles. The Bertz CT molecular complexity index is 658. The van der Waals surface area contributed by atoms with Crippen LogP contribution in [0, 0.1) is 18.6 Å². The molecule has 5 nitrogen and oxygen atoms in total. The fourth-order valence-corrected chi connectivity index (χ4v) is 2.62. The van der Waals surface area contributed by atoms with Gasteiger partial charge in [-0.2, -0.15) is 0 Å². The zero-order valence-electron chi connectivity index (χ0n) is 11.6. The number of benzene rings is 1. The molecule has 112 valence electrons. The molecule has 1 N–H and O–H groups in total. The topological polar surface area (TPSA) is 54.2 Å². The number of aromatic nitrogens is 3. The summed E-state index contributed by atoms with van der Waals surface area (Å²) >= 11 is 0. The summed E-state index contributed by atoms with van der Waals surface area (Å²) in [5.74, 6) is 0.534. The Hall–Kier alpha value is -1.86. The Morgan fingerprint density at radius 1 is 1.29 bits per heavy atom. The fourth-order valence-electron chi connectivity index (χ4n) is 2.62. The van der Waals surface area contributed by atoms with Crippen LogP contribution < -0.4 is 0 Å². The van der Waals surface area contributed by atoms with E-state index in [2.05, 4.69) is 10.2 Å². The highest BCUT2D eigenvalue weighted by atomic mass is 19.1. The van der Waals surface area contributed by atoms with Crippen LogP contribution in [0.5, 0.6) is 0 Å². The quantitative estimate of drug-likeness (QED) is 0.930. The first kappa shape index (κ1) is 14.1. The van der Waals surface area contributed by atoms with Gasteiger partial charge in [0.25, 0.3) is 0 Å². The van der Waals surface area contributed by atoms with Crippen LogP contribution in [-0.4, -0.2) is 37.9 Å². The van der Waals surface area contributed by atoms with E-state index in [-0.39, 0.29) is 12.1 Å². The second kappa shape index (κ2) is 5.50. The van der Waals surface area contributed by atoms with E-state index in [4.69, 9.17) is 0 Å². The van der Waals surface area contributed by atoms with Gasteiger partial charge in [0.05, 0.1) is 12.6 Å². The monoisotopic (exact) mass is 294 g/mol. The van der Waals surface area contributed by atoms with Gasteiger partial charge in [-0.1, -0.05) is 0 Å². The van der Waals surface area contributed by atoms with Crippen molar-refractivity contribution in [1.82, 2.24) is 19.7 Å². The predicted molar refractivity (Wildman–Crippen MR) is 71.4 cm³/mol. The molecule has 0 amide bonds. The third-order valence-corrected chi connectivity index (χ3v) is 3.77. The highest BCUT2D eigenvalue weighted by Crippen LogP contribution is 2.21. The molecule has 1 aliphatic rings. The van der Waals surface area contributed by atoms with Gasteiger partial charge in [0, 0.05) is 25.2 Å². The number of rotatable bonds is 3. The first-order valence-corrected chi connectivity index (χ1v) is 6.78. The van der Waals surface area contributed by atoms with Gasteiger partial charge < -0.3 is 9.67 Å². The van der Waals surface area contributed by atoms with E-state index in [9.17, 15) is 13.9 Å². The lowest BCUT2D eigenvalue weighted by Gasteiger charge is -2.29. The third kappa shape index (κ3) is 2.79. The summed E-state index contributed by atoms with van der Waals surface area (Å²) in [6, 6.07) is 3.11. The lowest BCUT2D eigenvalue weighted by atomic mass is 10.1. The van der Waals surface area contributed by atoms with E-state index in [1.165, 1.54) is 0 Å². The minimum atomic E-state index is -1.07. The average Bonchev–Trinajstić information content (AvgIpc) is 2.82. The standard InChI is InChI=1S/C14H16F2N4O/c1-9-17-18-14-8-19(4-5-20(9)14)7-13(21)11-6-10(15)2-3-12(11)16/h2-3,6,13,21H,4-5,7-8H2,1H3/t13-/m0/s1. The minimum absolute atomic E-state index is 0.0155. The number of nitrogens with zero attached hydrogens (tertiary/aromatic N) is 4. The van der Waals surface area contributed by atoms with Crippen molar-refractivity contribution >= 4 is 0 Å². The van der Waals surface area contributed by atoms with Crippen molar-refractivity contribution in [2.75, 3.05) is 13.1 Å². The number of aryl methyl sites for hydroxylation is 1. The van der Waals surface area contributed by atoms with Crippen LogP contribution in [0.4, 0.5) is 8.78 Å². The van der Waals surface area contributed by atoms with Gasteiger partial charge in [0.1, 0.15) is 23.3 Å². The Balaban J connectivity index is 1.71. The van der Waals surface area contributed by atoms with Crippen molar-refractivity contribution in [1.29, 1.82) is 0 Å². The maximum Gasteiger partial charge on any atom is 0.147 e. The highest BCUT2D eigenvalue weighted by Gasteiger charge is 2.23. The molecule has 1 atom stereocenters. The molecule has 3 rings (SSSR count). The fraction of sp³-hybridized carbons (Fsp3) is 0.429. The van der Waals surface area contributed by atoms with Crippen LogP contribution >= 0.6 is 0 Å². The molecule has 0 spiro atoms. The molecule has 1 aromatic heterocycles. The largest absolute Gasteiger partial charge is 0.387 e. The Morgan fingerprint density at radius 2 is 2.10 bits per heavy atom. The number of β-amino-alcohol motifs (C(OH)–C–C–N with tert-alkyl or cyclic N) is 1. The lowest BCUT2D eigenvalue weighted by Crippen LogP contribution is -2.37. The molecular formula is C14H16F2N4O. The molecule has 7 heteroatoms. The normalized spacial score (nSPS) is 16.8. The van der Waals surface area contributed by atoms with Crippen LogP contribution in [0.25, 0.3) is 0 Å². The molecule has 2 aromatic rings. The van der Waals surface area contributed by atoms with E-state index < -0.39 is 17.7 Å². The van der Waals surface area contributed by atoms with Crippen molar-refractivity contribution in [3.63, 3.8) is 0 Å². The van der Waals surface area contributed by atoms with Gasteiger partial charge in [0.2, 0.25) is 0 Å². The number of fused-ring (bicyclic) bond motifs is 1. The van der Waals surface area contributed by atoms with Crippen LogP contribution in [0.1, 0.15) is 23.3 Å². The van der Waals surface area contributed by atoms with E-state index >= 15 is 0 Å². The van der Waals surface area contributed by atoms with Crippen molar-refractivity contribution < 1.29 is 13.9 Å². The van der Waals surface area contributed by atoms with Crippen molar-refractivity contribution in [3.8, 4) is 0 Å². The molecule has 1 aliphatic heterocycles. The highest BCUT2D eigenvalue weighted by molar-refractivity contribution is 5.21. The zero-order chi connectivity index (χ0) is 15.0. The summed E-state index contributed by atoms with van der Waals surface area (Å²) in [7, 11) is 0. The second-order valence-electron chi connectivity index (χ2n) is 5.23.